The highest BCUT2D eigenvalue weighted by molar-refractivity contribution is 5.38. The summed E-state index contributed by atoms with van der Waals surface area (Å²) >= 11 is 0. The molecule has 7 rings (SSSR count). The predicted octanol–water partition coefficient (Wildman–Crippen LogP) is 2.82. The Hall–Kier alpha value is -0.380. The van der Waals surface area contributed by atoms with Gasteiger partial charge in [-0.1, -0.05) is 26.8 Å². The highest BCUT2D eigenvalue weighted by Gasteiger charge is 2.84. The van der Waals surface area contributed by atoms with Crippen molar-refractivity contribution in [3.63, 3.8) is 0 Å². The molecule has 0 aromatic rings. The fourth-order valence-corrected chi connectivity index (χ4v) is 10.1. The van der Waals surface area contributed by atoms with Crippen LogP contribution in [0.25, 0.3) is 0 Å². The fourth-order valence-electron chi connectivity index (χ4n) is 10.1. The van der Waals surface area contributed by atoms with Crippen molar-refractivity contribution in [2.75, 3.05) is 13.1 Å². The number of rotatable bonds is 1. The molecule has 0 amide bonds. The Bertz CT molecular complexity index is 662. The maximum Gasteiger partial charge on any atom is 0.0814 e. The first-order chi connectivity index (χ1) is 11.9. The van der Waals surface area contributed by atoms with Gasteiger partial charge in [-0.2, -0.15) is 0 Å². The van der Waals surface area contributed by atoms with Crippen molar-refractivity contribution in [3.05, 3.63) is 12.2 Å². The number of aliphatic hydroxyl groups is 2. The van der Waals surface area contributed by atoms with Crippen LogP contribution in [0.1, 0.15) is 52.4 Å². The second-order valence-electron chi connectivity index (χ2n) is 10.7. The first-order valence-corrected chi connectivity index (χ1v) is 10.7. The monoisotopic (exact) mass is 343 g/mol. The van der Waals surface area contributed by atoms with Crippen molar-refractivity contribution < 1.29 is 10.2 Å². The molecule has 3 nitrogen and oxygen atoms in total. The second-order valence-corrected chi connectivity index (χ2v) is 10.7. The minimum Gasteiger partial charge on any atom is -0.392 e. The first-order valence-electron chi connectivity index (χ1n) is 10.7. The van der Waals surface area contributed by atoms with Crippen molar-refractivity contribution in [1.29, 1.82) is 0 Å². The third-order valence-corrected chi connectivity index (χ3v) is 10.5. The molecule has 0 aromatic carbocycles. The van der Waals surface area contributed by atoms with Crippen LogP contribution < -0.4 is 0 Å². The van der Waals surface area contributed by atoms with E-state index in [1.807, 2.05) is 0 Å². The molecule has 3 heteroatoms. The van der Waals surface area contributed by atoms with E-state index < -0.39 is 0 Å². The van der Waals surface area contributed by atoms with Crippen LogP contribution in [0, 0.1) is 39.9 Å². The molecule has 1 unspecified atom stereocenters. The zero-order chi connectivity index (χ0) is 17.4. The summed E-state index contributed by atoms with van der Waals surface area (Å²) in [5.74, 6) is 1.77. The summed E-state index contributed by atoms with van der Waals surface area (Å²) in [5.41, 5.74) is 1.54. The maximum absolute atomic E-state index is 11.5. The first kappa shape index (κ1) is 15.7. The van der Waals surface area contributed by atoms with Crippen molar-refractivity contribution in [3.8, 4) is 0 Å². The quantitative estimate of drug-likeness (QED) is 0.720. The molecule has 1 aliphatic heterocycles. The van der Waals surface area contributed by atoms with E-state index in [-0.39, 0.29) is 29.0 Å². The molecule has 25 heavy (non-hydrogen) atoms. The number of fused-ring (bicyclic) bond motifs is 2. The maximum atomic E-state index is 11.5. The molecule has 6 saturated carbocycles. The number of hydrogen-bond donors (Lipinski definition) is 2. The average molecular weight is 344 g/mol. The molecule has 7 fully saturated rings. The summed E-state index contributed by atoms with van der Waals surface area (Å²) in [4.78, 5) is 2.77. The van der Waals surface area contributed by atoms with E-state index in [9.17, 15) is 10.2 Å². The highest BCUT2D eigenvalue weighted by Crippen LogP contribution is 2.83. The van der Waals surface area contributed by atoms with E-state index in [1.165, 1.54) is 32.2 Å². The van der Waals surface area contributed by atoms with Gasteiger partial charge >= 0.3 is 0 Å². The number of hydrogen-bond acceptors (Lipinski definition) is 3. The van der Waals surface area contributed by atoms with E-state index in [2.05, 4.69) is 25.3 Å². The second kappa shape index (κ2) is 4.36. The molecular weight excluding hydrogens is 310 g/mol. The Balaban J connectivity index is 1.60. The van der Waals surface area contributed by atoms with Crippen LogP contribution in [0.2, 0.25) is 0 Å². The molecule has 0 aromatic heterocycles. The largest absolute Gasteiger partial charge is 0.392 e. The lowest BCUT2D eigenvalue weighted by atomic mass is 9.39. The lowest BCUT2D eigenvalue weighted by molar-refractivity contribution is -0.227. The summed E-state index contributed by atoms with van der Waals surface area (Å²) < 4.78 is 0. The van der Waals surface area contributed by atoms with Crippen LogP contribution in [-0.2, 0) is 0 Å². The Morgan fingerprint density at radius 2 is 2.00 bits per heavy atom. The topological polar surface area (TPSA) is 43.7 Å². The van der Waals surface area contributed by atoms with Crippen LogP contribution in [-0.4, -0.2) is 46.5 Å². The molecule has 1 heterocycles. The normalized spacial score (nSPS) is 64.6. The van der Waals surface area contributed by atoms with E-state index in [4.69, 9.17) is 0 Å². The third kappa shape index (κ3) is 1.34. The van der Waals surface area contributed by atoms with Gasteiger partial charge in [-0.25, -0.2) is 0 Å². The third-order valence-electron chi connectivity index (χ3n) is 10.5. The molecular formula is C22H33NO2. The smallest absolute Gasteiger partial charge is 0.0814 e. The predicted molar refractivity (Wildman–Crippen MR) is 96.8 cm³/mol. The molecule has 7 bridgehead atoms. The standard InChI is InChI=1S/C22H33NO2/c1-4-23-11-20(3)7-5-8-22-15(20)10-14(18(22)23)21-9-6-13(12(2)19(21)25)16(24)17(21)22/h13-19,24-25H,2,4-11H2,1,3H3/t13-,14-,15+,16-,17+,18?,19+,20-,21-,22-/m0/s1. The molecule has 6 aliphatic carbocycles. The summed E-state index contributed by atoms with van der Waals surface area (Å²) in [7, 11) is 0. The molecule has 2 spiro atoms. The van der Waals surface area contributed by atoms with E-state index >= 15 is 0 Å². The molecule has 10 atom stereocenters. The van der Waals surface area contributed by atoms with Gasteiger partial charge in [0, 0.05) is 29.8 Å². The van der Waals surface area contributed by atoms with Crippen molar-refractivity contribution in [1.82, 2.24) is 4.90 Å². The van der Waals surface area contributed by atoms with Crippen LogP contribution in [0.4, 0.5) is 0 Å². The number of likely N-dealkylation sites (tertiary alicyclic amines) is 1. The summed E-state index contributed by atoms with van der Waals surface area (Å²) in [5, 5.41) is 22.9. The summed E-state index contributed by atoms with van der Waals surface area (Å²) in [6.45, 7) is 11.5. The van der Waals surface area contributed by atoms with Gasteiger partial charge in [0.25, 0.3) is 0 Å². The van der Waals surface area contributed by atoms with Gasteiger partial charge in [-0.05, 0) is 66.9 Å². The number of nitrogens with zero attached hydrogens (tertiary/aromatic N) is 1. The lowest BCUT2D eigenvalue weighted by Crippen LogP contribution is -2.69. The Kier molecular flexibility index (Phi) is 2.73. The average Bonchev–Trinajstić information content (AvgIpc) is 2.99. The minimum atomic E-state index is -0.377. The van der Waals surface area contributed by atoms with E-state index in [0.717, 1.165) is 30.9 Å². The van der Waals surface area contributed by atoms with Crippen LogP contribution in [0.15, 0.2) is 12.2 Å². The van der Waals surface area contributed by atoms with Gasteiger partial charge in [-0.15, -0.1) is 0 Å². The Morgan fingerprint density at radius 1 is 1.20 bits per heavy atom. The van der Waals surface area contributed by atoms with Crippen molar-refractivity contribution in [2.45, 2.75) is 70.6 Å². The van der Waals surface area contributed by atoms with Gasteiger partial charge < -0.3 is 10.2 Å². The molecule has 1 saturated heterocycles. The van der Waals surface area contributed by atoms with Crippen LogP contribution in [0.3, 0.4) is 0 Å². The van der Waals surface area contributed by atoms with Gasteiger partial charge in [0.15, 0.2) is 0 Å². The molecule has 2 N–H and O–H groups in total. The van der Waals surface area contributed by atoms with Crippen molar-refractivity contribution >= 4 is 0 Å². The van der Waals surface area contributed by atoms with Gasteiger partial charge in [0.2, 0.25) is 0 Å². The fraction of sp³-hybridized carbons (Fsp3) is 0.909. The Labute approximate surface area is 151 Å². The zero-order valence-electron chi connectivity index (χ0n) is 15.7. The van der Waals surface area contributed by atoms with E-state index in [0.29, 0.717) is 23.3 Å². The highest BCUT2D eigenvalue weighted by atomic mass is 16.3. The number of piperidine rings is 1. The molecule has 7 aliphatic rings. The molecule has 138 valence electrons. The van der Waals surface area contributed by atoms with Gasteiger partial charge in [-0.3, -0.25) is 4.90 Å². The van der Waals surface area contributed by atoms with Crippen LogP contribution in [0.5, 0.6) is 0 Å². The summed E-state index contributed by atoms with van der Waals surface area (Å²) in [6.07, 6.45) is 6.75. The Morgan fingerprint density at radius 3 is 2.76 bits per heavy atom. The summed E-state index contributed by atoms with van der Waals surface area (Å²) in [6, 6.07) is 0.592. The van der Waals surface area contributed by atoms with Crippen molar-refractivity contribution in [2.24, 2.45) is 39.9 Å². The zero-order valence-corrected chi connectivity index (χ0v) is 15.7. The van der Waals surface area contributed by atoms with E-state index in [1.54, 1.807) is 0 Å². The van der Waals surface area contributed by atoms with Crippen LogP contribution >= 0.6 is 0 Å². The number of aliphatic hydroxyl groups excluding tert-OH is 2. The van der Waals surface area contributed by atoms with Gasteiger partial charge in [0.05, 0.1) is 12.2 Å². The SMILES string of the molecule is C=C1[C@@H](O)[C@]23CC[C@@H]1[C@H](O)[C@H]2[C@@]12CCC[C@@]4(C)CN(CC)C1[C@@H]3C[C@H]42. The van der Waals surface area contributed by atoms with Gasteiger partial charge in [0.1, 0.15) is 0 Å². The lowest BCUT2D eigenvalue weighted by Gasteiger charge is -2.68. The molecule has 0 radical (unpaired) electrons. The minimum absolute atomic E-state index is 0.0809.